The molecule has 1 aliphatic heterocycles. The first kappa shape index (κ1) is 19.9. The third kappa shape index (κ3) is 4.50. The predicted octanol–water partition coefficient (Wildman–Crippen LogP) is 4.33. The lowest BCUT2D eigenvalue weighted by molar-refractivity contribution is 0.0182. The number of carbonyl (C=O) groups excluding carboxylic acids is 1. The van der Waals surface area contributed by atoms with Crippen LogP contribution in [0.3, 0.4) is 0 Å². The first-order chi connectivity index (χ1) is 12.3. The van der Waals surface area contributed by atoms with Crippen LogP contribution >= 0.6 is 31.2 Å². The zero-order valence-electron chi connectivity index (χ0n) is 15.9. The van der Waals surface area contributed by atoms with Crippen LogP contribution < -0.4 is 0 Å². The molecule has 142 valence electrons. The molecule has 1 saturated heterocycles. The van der Waals surface area contributed by atoms with Gasteiger partial charge in [0.15, 0.2) is 0 Å². The van der Waals surface area contributed by atoms with Crippen LogP contribution in [0.15, 0.2) is 18.2 Å². The van der Waals surface area contributed by atoms with Crippen LogP contribution in [-0.4, -0.2) is 59.3 Å². The molecule has 1 aliphatic carbocycles. The summed E-state index contributed by atoms with van der Waals surface area (Å²) in [6.45, 7) is 11.0. The molecular formula is C19H27IN3O2P. The minimum atomic E-state index is -0.449. The van der Waals surface area contributed by atoms with Gasteiger partial charge in [0.05, 0.1) is 11.4 Å². The average Bonchev–Trinajstić information content (AvgIpc) is 2.59. The van der Waals surface area contributed by atoms with Crippen molar-refractivity contribution in [2.45, 2.75) is 38.5 Å². The lowest BCUT2D eigenvalue weighted by Crippen LogP contribution is -2.49. The summed E-state index contributed by atoms with van der Waals surface area (Å²) < 4.78 is 6.53. The molecule has 0 spiro atoms. The molecular weight excluding hydrogens is 460 g/mol. The Kier molecular flexibility index (Phi) is 6.12. The summed E-state index contributed by atoms with van der Waals surface area (Å²) in [5.74, 6) is 0. The maximum Gasteiger partial charge on any atom is 0.410 e. The number of hydrogen-bond donors (Lipinski definition) is 0. The highest BCUT2D eigenvalue weighted by Gasteiger charge is 2.30. The van der Waals surface area contributed by atoms with Gasteiger partial charge in [-0.2, -0.15) is 0 Å². The van der Waals surface area contributed by atoms with E-state index in [2.05, 4.69) is 52.4 Å². The SMILES string of the molecule is CP[C@H]1CC=C(N2CCN(C(=O)OC(C)(C)C)CC2)c2nc(I)ccc21. The van der Waals surface area contributed by atoms with Gasteiger partial charge in [0.1, 0.15) is 9.30 Å². The highest BCUT2D eigenvalue weighted by Crippen LogP contribution is 2.43. The number of piperazine rings is 1. The van der Waals surface area contributed by atoms with Crippen molar-refractivity contribution in [1.29, 1.82) is 0 Å². The van der Waals surface area contributed by atoms with Crippen molar-refractivity contribution in [3.8, 4) is 0 Å². The summed E-state index contributed by atoms with van der Waals surface area (Å²) in [5, 5.41) is 0. The zero-order chi connectivity index (χ0) is 18.9. The number of rotatable bonds is 2. The molecule has 2 atom stereocenters. The minimum absolute atomic E-state index is 0.213. The fraction of sp³-hybridized carbons (Fsp3) is 0.579. The summed E-state index contributed by atoms with van der Waals surface area (Å²) in [6.07, 6.45) is 3.21. The number of carbonyl (C=O) groups is 1. The normalized spacial score (nSPS) is 21.0. The van der Waals surface area contributed by atoms with Crippen molar-refractivity contribution in [3.05, 3.63) is 33.2 Å². The lowest BCUT2D eigenvalue weighted by Gasteiger charge is -2.39. The van der Waals surface area contributed by atoms with Gasteiger partial charge >= 0.3 is 6.09 Å². The standard InChI is InChI=1S/C19H27IN3O2P/c1-19(2,3)25-18(24)23-11-9-22(10-12-23)14-6-7-15(26-4)13-5-8-16(20)21-17(13)14/h5-6,8,15,26H,7,9-12H2,1-4H3/t15-/m0/s1. The molecule has 1 unspecified atom stereocenters. The fourth-order valence-electron chi connectivity index (χ4n) is 3.39. The molecule has 3 rings (SSSR count). The zero-order valence-corrected chi connectivity index (χ0v) is 19.0. The second kappa shape index (κ2) is 8.01. The van der Waals surface area contributed by atoms with E-state index in [4.69, 9.17) is 9.72 Å². The Morgan fingerprint density at radius 2 is 1.96 bits per heavy atom. The van der Waals surface area contributed by atoms with Crippen molar-refractivity contribution in [3.63, 3.8) is 0 Å². The maximum atomic E-state index is 12.3. The van der Waals surface area contributed by atoms with E-state index in [0.29, 0.717) is 18.7 Å². The number of pyridine rings is 1. The fourth-order valence-corrected chi connectivity index (χ4v) is 4.71. The molecule has 1 amide bonds. The van der Waals surface area contributed by atoms with E-state index in [9.17, 15) is 4.79 Å². The summed E-state index contributed by atoms with van der Waals surface area (Å²) in [5.41, 5.74) is 3.87. The minimum Gasteiger partial charge on any atom is -0.444 e. The Morgan fingerprint density at radius 1 is 1.27 bits per heavy atom. The van der Waals surface area contributed by atoms with Gasteiger partial charge in [-0.3, -0.25) is 0 Å². The van der Waals surface area contributed by atoms with Gasteiger partial charge in [-0.05, 0) is 68.1 Å². The Bertz CT molecular complexity index is 709. The van der Waals surface area contributed by atoms with Crippen molar-refractivity contribution < 1.29 is 9.53 Å². The first-order valence-electron chi connectivity index (χ1n) is 9.05. The van der Waals surface area contributed by atoms with Crippen molar-refractivity contribution in [2.24, 2.45) is 0 Å². The summed E-state index contributed by atoms with van der Waals surface area (Å²) in [7, 11) is 0.881. The highest BCUT2D eigenvalue weighted by atomic mass is 127. The smallest absolute Gasteiger partial charge is 0.410 e. The maximum absolute atomic E-state index is 12.3. The van der Waals surface area contributed by atoms with E-state index in [1.807, 2.05) is 25.7 Å². The van der Waals surface area contributed by atoms with Crippen LogP contribution in [0.1, 0.15) is 44.1 Å². The highest BCUT2D eigenvalue weighted by molar-refractivity contribution is 14.1. The Morgan fingerprint density at radius 3 is 2.58 bits per heavy atom. The number of amides is 1. The first-order valence-corrected chi connectivity index (χ1v) is 11.7. The molecule has 7 heteroatoms. The number of hydrogen-bond acceptors (Lipinski definition) is 4. The molecule has 0 aromatic carbocycles. The second-order valence-corrected chi connectivity index (χ2v) is 10.1. The number of allylic oxidation sites excluding steroid dienone is 1. The van der Waals surface area contributed by atoms with Gasteiger partial charge < -0.3 is 14.5 Å². The van der Waals surface area contributed by atoms with Crippen LogP contribution in [0.2, 0.25) is 0 Å². The number of halogens is 1. The van der Waals surface area contributed by atoms with Crippen LogP contribution in [0.25, 0.3) is 5.70 Å². The molecule has 1 fully saturated rings. The van der Waals surface area contributed by atoms with Gasteiger partial charge in [-0.1, -0.05) is 12.1 Å². The lowest BCUT2D eigenvalue weighted by atomic mass is 9.97. The van der Waals surface area contributed by atoms with Gasteiger partial charge in [0.25, 0.3) is 0 Å². The molecule has 0 saturated carbocycles. The summed E-state index contributed by atoms with van der Waals surface area (Å²) in [4.78, 5) is 21.3. The van der Waals surface area contributed by atoms with E-state index in [0.717, 1.165) is 37.5 Å². The van der Waals surface area contributed by atoms with Gasteiger partial charge in [-0.25, -0.2) is 9.78 Å². The summed E-state index contributed by atoms with van der Waals surface area (Å²) >= 11 is 2.29. The molecule has 0 bridgehead atoms. The number of aromatic nitrogens is 1. The van der Waals surface area contributed by atoms with Crippen LogP contribution in [0.5, 0.6) is 0 Å². The molecule has 1 aromatic rings. The molecule has 1 aromatic heterocycles. The Hall–Kier alpha value is -0.880. The van der Waals surface area contributed by atoms with E-state index >= 15 is 0 Å². The van der Waals surface area contributed by atoms with Gasteiger partial charge in [-0.15, -0.1) is 8.58 Å². The predicted molar refractivity (Wildman–Crippen MR) is 116 cm³/mol. The summed E-state index contributed by atoms with van der Waals surface area (Å²) in [6, 6.07) is 4.35. The Balaban J connectivity index is 1.71. The average molecular weight is 487 g/mol. The molecule has 0 radical (unpaired) electrons. The van der Waals surface area contributed by atoms with Crippen molar-refractivity contribution in [2.75, 3.05) is 32.8 Å². The van der Waals surface area contributed by atoms with Crippen LogP contribution in [-0.2, 0) is 4.74 Å². The van der Waals surface area contributed by atoms with E-state index in [1.54, 1.807) is 0 Å². The molecule has 0 N–H and O–H groups in total. The van der Waals surface area contributed by atoms with Gasteiger partial charge in [0, 0.05) is 31.8 Å². The number of ether oxygens (including phenoxy) is 1. The topological polar surface area (TPSA) is 45.7 Å². The van der Waals surface area contributed by atoms with Crippen molar-refractivity contribution >= 4 is 43.0 Å². The molecule has 2 heterocycles. The number of fused-ring (bicyclic) bond motifs is 1. The monoisotopic (exact) mass is 487 g/mol. The van der Waals surface area contributed by atoms with E-state index in [1.165, 1.54) is 11.3 Å². The molecule has 5 nitrogen and oxygen atoms in total. The third-order valence-corrected chi connectivity index (χ3v) is 6.52. The van der Waals surface area contributed by atoms with Crippen LogP contribution in [0, 0.1) is 3.70 Å². The molecule has 26 heavy (non-hydrogen) atoms. The van der Waals surface area contributed by atoms with Crippen molar-refractivity contribution in [1.82, 2.24) is 14.8 Å². The molecule has 2 aliphatic rings. The van der Waals surface area contributed by atoms with Gasteiger partial charge in [0.2, 0.25) is 0 Å². The van der Waals surface area contributed by atoms with E-state index in [-0.39, 0.29) is 6.09 Å². The largest absolute Gasteiger partial charge is 0.444 e. The van der Waals surface area contributed by atoms with E-state index < -0.39 is 5.60 Å². The third-order valence-electron chi connectivity index (χ3n) is 4.68. The Labute approximate surface area is 171 Å². The quantitative estimate of drug-likeness (QED) is 0.354. The number of nitrogens with zero attached hydrogens (tertiary/aromatic N) is 3. The van der Waals surface area contributed by atoms with Crippen LogP contribution in [0.4, 0.5) is 4.79 Å². The second-order valence-electron chi connectivity index (χ2n) is 7.69.